The molecule has 1 aliphatic carbocycles. The van der Waals surface area contributed by atoms with Gasteiger partial charge < -0.3 is 4.90 Å². The molecule has 0 unspecified atom stereocenters. The summed E-state index contributed by atoms with van der Waals surface area (Å²) >= 11 is 5.75. The van der Waals surface area contributed by atoms with Crippen molar-refractivity contribution in [1.82, 2.24) is 4.90 Å². The first-order valence-electron chi connectivity index (χ1n) is 4.74. The number of hydrogen-bond donors (Lipinski definition) is 1. The van der Waals surface area contributed by atoms with E-state index in [0.29, 0.717) is 11.8 Å². The molecule has 1 heterocycles. The SMILES string of the molecule is O=C(CS)N(Cc1cccs1)C1CC1. The zero-order valence-electron chi connectivity index (χ0n) is 7.85. The van der Waals surface area contributed by atoms with Crippen molar-refractivity contribution in [3.63, 3.8) is 0 Å². The van der Waals surface area contributed by atoms with Gasteiger partial charge in [0.1, 0.15) is 0 Å². The van der Waals surface area contributed by atoms with E-state index in [4.69, 9.17) is 0 Å². The maximum atomic E-state index is 11.6. The lowest BCUT2D eigenvalue weighted by molar-refractivity contribution is -0.129. The average Bonchev–Trinajstić information content (AvgIpc) is 2.92. The molecule has 0 N–H and O–H groups in total. The number of thiophene rings is 1. The van der Waals surface area contributed by atoms with E-state index in [-0.39, 0.29) is 5.91 Å². The summed E-state index contributed by atoms with van der Waals surface area (Å²) in [7, 11) is 0. The van der Waals surface area contributed by atoms with Crippen LogP contribution in [0.25, 0.3) is 0 Å². The van der Waals surface area contributed by atoms with E-state index < -0.39 is 0 Å². The van der Waals surface area contributed by atoms with Crippen molar-refractivity contribution in [2.75, 3.05) is 5.75 Å². The van der Waals surface area contributed by atoms with Crippen molar-refractivity contribution in [2.45, 2.75) is 25.4 Å². The van der Waals surface area contributed by atoms with Crippen LogP contribution in [0.4, 0.5) is 0 Å². The van der Waals surface area contributed by atoms with E-state index in [2.05, 4.69) is 18.7 Å². The van der Waals surface area contributed by atoms with Gasteiger partial charge in [-0.2, -0.15) is 12.6 Å². The van der Waals surface area contributed by atoms with Crippen LogP contribution in [0, 0.1) is 0 Å². The molecule has 1 aromatic heterocycles. The van der Waals surface area contributed by atoms with Gasteiger partial charge in [0.15, 0.2) is 0 Å². The summed E-state index contributed by atoms with van der Waals surface area (Å²) in [5.74, 6) is 0.478. The molecule has 1 aromatic rings. The molecule has 2 rings (SSSR count). The highest BCUT2D eigenvalue weighted by Gasteiger charge is 2.31. The van der Waals surface area contributed by atoms with Gasteiger partial charge in [0.05, 0.1) is 12.3 Å². The highest BCUT2D eigenvalue weighted by molar-refractivity contribution is 7.81. The number of nitrogens with zero attached hydrogens (tertiary/aromatic N) is 1. The van der Waals surface area contributed by atoms with Crippen molar-refractivity contribution in [3.05, 3.63) is 22.4 Å². The van der Waals surface area contributed by atoms with Gasteiger partial charge in [0, 0.05) is 10.9 Å². The van der Waals surface area contributed by atoms with E-state index in [1.165, 1.54) is 4.88 Å². The number of rotatable bonds is 4. The van der Waals surface area contributed by atoms with Crippen molar-refractivity contribution in [1.29, 1.82) is 0 Å². The van der Waals surface area contributed by atoms with Crippen LogP contribution in [0.5, 0.6) is 0 Å². The Morgan fingerprint density at radius 3 is 2.93 bits per heavy atom. The summed E-state index contributed by atoms with van der Waals surface area (Å²) in [4.78, 5) is 14.8. The fraction of sp³-hybridized carbons (Fsp3) is 0.500. The predicted octanol–water partition coefficient (Wildman–Crippen LogP) is 2.17. The van der Waals surface area contributed by atoms with Gasteiger partial charge in [0.25, 0.3) is 0 Å². The van der Waals surface area contributed by atoms with Crippen LogP contribution in [0.1, 0.15) is 17.7 Å². The Balaban J connectivity index is 2.00. The standard InChI is InChI=1S/C10H13NOS2/c12-10(7-13)11(8-3-4-8)6-9-2-1-5-14-9/h1-2,5,8,13H,3-4,6-7H2. The Morgan fingerprint density at radius 1 is 1.64 bits per heavy atom. The minimum absolute atomic E-state index is 0.157. The lowest BCUT2D eigenvalue weighted by Gasteiger charge is -2.20. The molecule has 0 spiro atoms. The number of hydrogen-bond acceptors (Lipinski definition) is 3. The molecule has 0 aliphatic heterocycles. The Morgan fingerprint density at radius 2 is 2.43 bits per heavy atom. The molecule has 1 aliphatic rings. The molecular formula is C10H13NOS2. The molecule has 1 amide bonds. The molecule has 4 heteroatoms. The van der Waals surface area contributed by atoms with Gasteiger partial charge >= 0.3 is 0 Å². The van der Waals surface area contributed by atoms with Crippen LogP contribution in [0.15, 0.2) is 17.5 Å². The summed E-state index contributed by atoms with van der Waals surface area (Å²) in [6.45, 7) is 0.766. The average molecular weight is 227 g/mol. The van der Waals surface area contributed by atoms with E-state index in [1.807, 2.05) is 16.3 Å². The van der Waals surface area contributed by atoms with Crippen LogP contribution < -0.4 is 0 Å². The summed E-state index contributed by atoms with van der Waals surface area (Å²) in [5.41, 5.74) is 0. The van der Waals surface area contributed by atoms with Crippen LogP contribution in [-0.2, 0) is 11.3 Å². The lowest BCUT2D eigenvalue weighted by atomic mass is 10.4. The molecule has 1 fully saturated rings. The van der Waals surface area contributed by atoms with Crippen molar-refractivity contribution < 1.29 is 4.79 Å². The monoisotopic (exact) mass is 227 g/mol. The minimum atomic E-state index is 0.157. The number of amides is 1. The quantitative estimate of drug-likeness (QED) is 0.782. The molecule has 0 radical (unpaired) electrons. The zero-order valence-corrected chi connectivity index (χ0v) is 9.56. The summed E-state index contributed by atoms with van der Waals surface area (Å²) in [5, 5.41) is 2.05. The minimum Gasteiger partial charge on any atom is -0.334 e. The van der Waals surface area contributed by atoms with Gasteiger partial charge in [-0.25, -0.2) is 0 Å². The van der Waals surface area contributed by atoms with E-state index in [9.17, 15) is 4.79 Å². The van der Waals surface area contributed by atoms with Gasteiger partial charge in [-0.1, -0.05) is 6.07 Å². The zero-order chi connectivity index (χ0) is 9.97. The Labute approximate surface area is 93.3 Å². The highest BCUT2D eigenvalue weighted by atomic mass is 32.1. The summed E-state index contributed by atoms with van der Waals surface area (Å²) < 4.78 is 0. The molecular weight excluding hydrogens is 214 g/mol. The second-order valence-electron chi connectivity index (χ2n) is 3.49. The van der Waals surface area contributed by atoms with Crippen LogP contribution >= 0.6 is 24.0 Å². The molecule has 0 saturated heterocycles. The fourth-order valence-corrected chi connectivity index (χ4v) is 2.35. The smallest absolute Gasteiger partial charge is 0.232 e. The third-order valence-electron chi connectivity index (χ3n) is 2.35. The molecule has 14 heavy (non-hydrogen) atoms. The number of carbonyl (C=O) groups is 1. The van der Waals surface area contributed by atoms with Gasteiger partial charge in [-0.05, 0) is 24.3 Å². The maximum absolute atomic E-state index is 11.6. The first kappa shape index (κ1) is 10.1. The lowest BCUT2D eigenvalue weighted by Crippen LogP contribution is -2.33. The molecule has 0 atom stereocenters. The molecule has 0 bridgehead atoms. The summed E-state index contributed by atoms with van der Waals surface area (Å²) in [6, 6.07) is 4.58. The third-order valence-corrected chi connectivity index (χ3v) is 3.48. The Hall–Kier alpha value is -0.480. The normalized spacial score (nSPS) is 15.5. The van der Waals surface area contributed by atoms with Crippen molar-refractivity contribution in [2.24, 2.45) is 0 Å². The van der Waals surface area contributed by atoms with Crippen LogP contribution in [-0.4, -0.2) is 22.6 Å². The van der Waals surface area contributed by atoms with Crippen LogP contribution in [0.2, 0.25) is 0 Å². The fourth-order valence-electron chi connectivity index (χ4n) is 1.47. The Kier molecular flexibility index (Phi) is 3.13. The molecule has 0 aromatic carbocycles. The molecule has 76 valence electrons. The number of thiol groups is 1. The summed E-state index contributed by atoms with van der Waals surface area (Å²) in [6.07, 6.45) is 2.32. The van der Waals surface area contributed by atoms with Crippen LogP contribution in [0.3, 0.4) is 0 Å². The Bertz CT molecular complexity index is 306. The second-order valence-corrected chi connectivity index (χ2v) is 4.84. The van der Waals surface area contributed by atoms with E-state index in [0.717, 1.165) is 19.4 Å². The first-order chi connectivity index (χ1) is 6.81. The predicted molar refractivity (Wildman–Crippen MR) is 61.7 cm³/mol. The van der Waals surface area contributed by atoms with Crippen molar-refractivity contribution in [3.8, 4) is 0 Å². The highest BCUT2D eigenvalue weighted by Crippen LogP contribution is 2.29. The van der Waals surface area contributed by atoms with Gasteiger partial charge in [-0.15, -0.1) is 11.3 Å². The van der Waals surface area contributed by atoms with Gasteiger partial charge in [0.2, 0.25) is 5.91 Å². The largest absolute Gasteiger partial charge is 0.334 e. The topological polar surface area (TPSA) is 20.3 Å². The van der Waals surface area contributed by atoms with Gasteiger partial charge in [-0.3, -0.25) is 4.79 Å². The van der Waals surface area contributed by atoms with E-state index in [1.54, 1.807) is 11.3 Å². The van der Waals surface area contributed by atoms with Crippen molar-refractivity contribution >= 4 is 29.9 Å². The molecule has 2 nitrogen and oxygen atoms in total. The maximum Gasteiger partial charge on any atom is 0.232 e. The second kappa shape index (κ2) is 4.36. The number of carbonyl (C=O) groups excluding carboxylic acids is 1. The third kappa shape index (κ3) is 2.30. The first-order valence-corrected chi connectivity index (χ1v) is 6.25. The molecule has 1 saturated carbocycles. The van der Waals surface area contributed by atoms with E-state index >= 15 is 0 Å².